The fourth-order valence-electron chi connectivity index (χ4n) is 3.25. The summed E-state index contributed by atoms with van der Waals surface area (Å²) in [5.41, 5.74) is 1.24. The Morgan fingerprint density at radius 2 is 2.21 bits per heavy atom. The number of aromatic nitrogens is 1. The van der Waals surface area contributed by atoms with Gasteiger partial charge in [-0.3, -0.25) is 0 Å². The van der Waals surface area contributed by atoms with E-state index in [4.69, 9.17) is 9.72 Å². The van der Waals surface area contributed by atoms with Crippen LogP contribution in [0.2, 0.25) is 0 Å². The molecule has 3 rings (SSSR count). The number of hydrogen-bond acceptors (Lipinski definition) is 4. The molecule has 1 aliphatic heterocycles. The van der Waals surface area contributed by atoms with E-state index in [2.05, 4.69) is 19.2 Å². The van der Waals surface area contributed by atoms with Gasteiger partial charge in [0.25, 0.3) is 0 Å². The molecule has 1 fully saturated rings. The van der Waals surface area contributed by atoms with Crippen LogP contribution in [0.3, 0.4) is 0 Å². The molecular formula is C15H24N2OS. The van der Waals surface area contributed by atoms with Crippen molar-refractivity contribution in [2.24, 2.45) is 5.92 Å². The van der Waals surface area contributed by atoms with Gasteiger partial charge in [0.05, 0.1) is 5.69 Å². The van der Waals surface area contributed by atoms with E-state index in [1.54, 1.807) is 0 Å². The van der Waals surface area contributed by atoms with E-state index in [1.807, 2.05) is 11.3 Å². The minimum absolute atomic E-state index is 0.0801. The number of rotatable bonds is 3. The Balaban J connectivity index is 1.89. The first-order valence-corrected chi connectivity index (χ1v) is 8.39. The van der Waals surface area contributed by atoms with Gasteiger partial charge in [-0.25, -0.2) is 4.98 Å². The van der Waals surface area contributed by atoms with Crippen LogP contribution in [0.1, 0.15) is 55.1 Å². The van der Waals surface area contributed by atoms with Crippen molar-refractivity contribution < 1.29 is 4.74 Å². The molecule has 0 radical (unpaired) electrons. The van der Waals surface area contributed by atoms with Crippen molar-refractivity contribution in [2.75, 3.05) is 13.2 Å². The summed E-state index contributed by atoms with van der Waals surface area (Å²) in [4.78, 5) is 6.37. The van der Waals surface area contributed by atoms with Crippen molar-refractivity contribution in [3.05, 3.63) is 15.6 Å². The molecule has 0 unspecified atom stereocenters. The molecule has 19 heavy (non-hydrogen) atoms. The number of thiazole rings is 1. The monoisotopic (exact) mass is 280 g/mol. The van der Waals surface area contributed by atoms with Crippen molar-refractivity contribution in [2.45, 2.75) is 58.1 Å². The summed E-state index contributed by atoms with van der Waals surface area (Å²) in [5, 5.41) is 4.68. The topological polar surface area (TPSA) is 34.1 Å². The van der Waals surface area contributed by atoms with Gasteiger partial charge in [0.2, 0.25) is 0 Å². The van der Waals surface area contributed by atoms with Crippen LogP contribution in [-0.4, -0.2) is 18.1 Å². The molecule has 0 bridgehead atoms. The van der Waals surface area contributed by atoms with Crippen molar-refractivity contribution >= 4 is 11.3 Å². The number of nitrogens with zero attached hydrogens (tertiary/aromatic N) is 1. The molecule has 2 heterocycles. The minimum Gasteiger partial charge on any atom is -0.368 e. The third kappa shape index (κ3) is 2.58. The average molecular weight is 280 g/mol. The van der Waals surface area contributed by atoms with Crippen LogP contribution < -0.4 is 5.32 Å². The van der Waals surface area contributed by atoms with E-state index in [0.717, 1.165) is 44.9 Å². The van der Waals surface area contributed by atoms with Crippen LogP contribution in [0.15, 0.2) is 0 Å². The first-order valence-electron chi connectivity index (χ1n) is 7.57. The van der Waals surface area contributed by atoms with Crippen LogP contribution in [0.5, 0.6) is 0 Å². The standard InChI is InChI=1S/C15H24N2OS/c1-3-18-15(7-4-11(2)5-8-15)14-17-12-6-9-16-10-13(12)19-14/h11,16H,3-10H2,1-2H3. The predicted octanol–water partition coefficient (Wildman–Crippen LogP) is 3.23. The molecular weight excluding hydrogens is 256 g/mol. The van der Waals surface area contributed by atoms with Crippen LogP contribution >= 0.6 is 11.3 Å². The number of fused-ring (bicyclic) bond motifs is 1. The number of hydrogen-bond donors (Lipinski definition) is 1. The highest BCUT2D eigenvalue weighted by atomic mass is 32.1. The molecule has 1 aromatic rings. The summed E-state index contributed by atoms with van der Waals surface area (Å²) in [5.74, 6) is 0.838. The Kier molecular flexibility index (Phi) is 3.92. The normalized spacial score (nSPS) is 31.2. The second kappa shape index (κ2) is 5.51. The SMILES string of the molecule is CCOC1(c2nc3c(s2)CNCC3)CCC(C)CC1. The summed E-state index contributed by atoms with van der Waals surface area (Å²) < 4.78 is 6.21. The van der Waals surface area contributed by atoms with Crippen molar-refractivity contribution in [3.8, 4) is 0 Å². The molecule has 3 nitrogen and oxygen atoms in total. The lowest BCUT2D eigenvalue weighted by Gasteiger charge is -2.37. The van der Waals surface area contributed by atoms with Crippen LogP contribution in [0, 0.1) is 5.92 Å². The molecule has 2 aliphatic rings. The highest BCUT2D eigenvalue weighted by molar-refractivity contribution is 7.11. The predicted molar refractivity (Wildman–Crippen MR) is 78.5 cm³/mol. The van der Waals surface area contributed by atoms with Crippen molar-refractivity contribution in [3.63, 3.8) is 0 Å². The Hall–Kier alpha value is -0.450. The van der Waals surface area contributed by atoms with Gasteiger partial charge in [-0.05, 0) is 38.5 Å². The second-order valence-corrected chi connectivity index (χ2v) is 7.01. The van der Waals surface area contributed by atoms with E-state index in [1.165, 1.54) is 28.4 Å². The van der Waals surface area contributed by atoms with Crippen molar-refractivity contribution in [1.82, 2.24) is 10.3 Å². The van der Waals surface area contributed by atoms with E-state index >= 15 is 0 Å². The summed E-state index contributed by atoms with van der Waals surface area (Å²) in [6.45, 7) is 7.30. The lowest BCUT2D eigenvalue weighted by atomic mass is 9.79. The molecule has 0 spiro atoms. The molecule has 106 valence electrons. The molecule has 0 amide bonds. The summed E-state index contributed by atoms with van der Waals surface area (Å²) in [6.07, 6.45) is 5.89. The van der Waals surface area contributed by atoms with Crippen LogP contribution in [0.4, 0.5) is 0 Å². The van der Waals surface area contributed by atoms with E-state index in [9.17, 15) is 0 Å². The molecule has 0 atom stereocenters. The Morgan fingerprint density at radius 3 is 2.89 bits per heavy atom. The average Bonchev–Trinajstić information content (AvgIpc) is 2.86. The maximum absolute atomic E-state index is 6.21. The molecule has 1 aromatic heterocycles. The van der Waals surface area contributed by atoms with Crippen LogP contribution in [0.25, 0.3) is 0 Å². The Bertz CT molecular complexity index is 412. The van der Waals surface area contributed by atoms with Gasteiger partial charge in [-0.2, -0.15) is 0 Å². The second-order valence-electron chi connectivity index (χ2n) is 5.93. The third-order valence-corrected chi connectivity index (χ3v) is 5.78. The zero-order valence-corrected chi connectivity index (χ0v) is 12.8. The van der Waals surface area contributed by atoms with Gasteiger partial charge in [0.1, 0.15) is 10.6 Å². The lowest BCUT2D eigenvalue weighted by molar-refractivity contribution is -0.0777. The zero-order chi connectivity index (χ0) is 13.3. The summed E-state index contributed by atoms with van der Waals surface area (Å²) in [6, 6.07) is 0. The fourth-order valence-corrected chi connectivity index (χ4v) is 4.52. The first-order chi connectivity index (χ1) is 9.23. The van der Waals surface area contributed by atoms with Gasteiger partial charge in [0.15, 0.2) is 0 Å². The highest BCUT2D eigenvalue weighted by Gasteiger charge is 2.40. The fraction of sp³-hybridized carbons (Fsp3) is 0.800. The van der Waals surface area contributed by atoms with Gasteiger partial charge < -0.3 is 10.1 Å². The smallest absolute Gasteiger partial charge is 0.125 e. The quantitative estimate of drug-likeness (QED) is 0.923. The molecule has 4 heteroatoms. The molecule has 0 aromatic carbocycles. The van der Waals surface area contributed by atoms with Crippen molar-refractivity contribution in [1.29, 1.82) is 0 Å². The minimum atomic E-state index is -0.0801. The van der Waals surface area contributed by atoms with E-state index in [0.29, 0.717) is 0 Å². The molecule has 1 aliphatic carbocycles. The lowest BCUT2D eigenvalue weighted by Crippen LogP contribution is -2.34. The third-order valence-electron chi connectivity index (χ3n) is 4.49. The van der Waals surface area contributed by atoms with Crippen LogP contribution in [-0.2, 0) is 23.3 Å². The zero-order valence-electron chi connectivity index (χ0n) is 12.0. The number of ether oxygens (including phenoxy) is 1. The maximum Gasteiger partial charge on any atom is 0.125 e. The van der Waals surface area contributed by atoms with Gasteiger partial charge >= 0.3 is 0 Å². The maximum atomic E-state index is 6.21. The highest BCUT2D eigenvalue weighted by Crippen LogP contribution is 2.44. The molecule has 1 N–H and O–H groups in total. The van der Waals surface area contributed by atoms with E-state index < -0.39 is 0 Å². The summed E-state index contributed by atoms with van der Waals surface area (Å²) in [7, 11) is 0. The molecule has 0 saturated heterocycles. The van der Waals surface area contributed by atoms with Gasteiger partial charge in [-0.15, -0.1) is 11.3 Å². The van der Waals surface area contributed by atoms with Gasteiger partial charge in [-0.1, -0.05) is 6.92 Å². The largest absolute Gasteiger partial charge is 0.368 e. The Morgan fingerprint density at radius 1 is 1.42 bits per heavy atom. The molecule has 1 saturated carbocycles. The first kappa shape index (κ1) is 13.5. The Labute approximate surface area is 119 Å². The van der Waals surface area contributed by atoms with E-state index in [-0.39, 0.29) is 5.60 Å². The summed E-state index contributed by atoms with van der Waals surface area (Å²) >= 11 is 1.88. The number of nitrogens with one attached hydrogen (secondary N) is 1. The van der Waals surface area contributed by atoms with Gasteiger partial charge in [0, 0.05) is 31.0 Å².